The first-order valence-electron chi connectivity index (χ1n) is 17.6. The Morgan fingerprint density at radius 2 is 1.10 bits per heavy atom. The molecule has 0 fully saturated rings. The second kappa shape index (κ2) is 12.6. The highest BCUT2D eigenvalue weighted by Gasteiger charge is 2.28. The molecule has 0 N–H and O–H groups in total. The van der Waals surface area contributed by atoms with Crippen molar-refractivity contribution in [2.45, 2.75) is 36.0 Å². The molecule has 1 aliphatic heterocycles. The molecule has 3 nitrogen and oxygen atoms in total. The quantitative estimate of drug-likeness (QED) is 0.174. The van der Waals surface area contributed by atoms with Gasteiger partial charge in [0.25, 0.3) is 0 Å². The van der Waals surface area contributed by atoms with Crippen LogP contribution in [0.25, 0.3) is 38.6 Å². The van der Waals surface area contributed by atoms with Crippen LogP contribution in [-0.4, -0.2) is 11.2 Å². The summed E-state index contributed by atoms with van der Waals surface area (Å²) >= 11 is 1.82. The molecule has 248 valence electrons. The number of hydrogen-bond acceptors (Lipinski definition) is 3. The first-order chi connectivity index (χ1) is 24.9. The molecule has 0 atom stereocenters. The molecule has 1 aliphatic rings. The van der Waals surface area contributed by atoms with Gasteiger partial charge in [0.05, 0.1) is 22.4 Å². The lowest BCUT2D eigenvalue weighted by atomic mass is 9.87. The van der Waals surface area contributed by atoms with Crippen molar-refractivity contribution < 1.29 is 0 Å². The summed E-state index contributed by atoms with van der Waals surface area (Å²) in [5, 5.41) is 2.53. The van der Waals surface area contributed by atoms with Crippen molar-refractivity contribution >= 4 is 56.3 Å². The van der Waals surface area contributed by atoms with E-state index in [-0.39, 0.29) is 5.41 Å². The van der Waals surface area contributed by atoms with E-state index >= 15 is 0 Å². The maximum atomic E-state index is 2.45. The van der Waals surface area contributed by atoms with Gasteiger partial charge in [-0.25, -0.2) is 0 Å². The van der Waals surface area contributed by atoms with Crippen LogP contribution in [-0.2, 0) is 5.41 Å². The molecule has 0 spiro atoms. The van der Waals surface area contributed by atoms with Crippen molar-refractivity contribution in [3.63, 3.8) is 0 Å². The Labute approximate surface area is 304 Å². The summed E-state index contributed by atoms with van der Waals surface area (Å²) in [6.45, 7) is 7.62. The highest BCUT2D eigenvalue weighted by molar-refractivity contribution is 7.99. The average Bonchev–Trinajstić information content (AvgIpc) is 3.71. The smallest absolute Gasteiger partial charge is 0.100 e. The van der Waals surface area contributed by atoms with Crippen LogP contribution in [0.5, 0.6) is 0 Å². The van der Waals surface area contributed by atoms with Crippen molar-refractivity contribution in [3.8, 4) is 16.8 Å². The number of rotatable bonds is 6. The minimum Gasteiger partial charge on any atom is -0.321 e. The van der Waals surface area contributed by atoms with Crippen LogP contribution in [0.2, 0.25) is 0 Å². The molecule has 4 heteroatoms. The van der Waals surface area contributed by atoms with Gasteiger partial charge in [-0.3, -0.25) is 0 Å². The highest BCUT2D eigenvalue weighted by atomic mass is 32.2. The third kappa shape index (κ3) is 5.76. The van der Waals surface area contributed by atoms with Gasteiger partial charge < -0.3 is 14.4 Å². The fourth-order valence-corrected chi connectivity index (χ4v) is 8.28. The molecular weight excluding hydrogens is 639 g/mol. The lowest BCUT2D eigenvalue weighted by molar-refractivity contribution is 0.590. The van der Waals surface area contributed by atoms with E-state index < -0.39 is 0 Å². The third-order valence-corrected chi connectivity index (χ3v) is 11.0. The molecule has 0 radical (unpaired) electrons. The average molecular weight is 678 g/mol. The molecule has 2 heterocycles. The van der Waals surface area contributed by atoms with E-state index in [2.05, 4.69) is 205 Å². The van der Waals surface area contributed by atoms with Gasteiger partial charge in [-0.1, -0.05) is 124 Å². The molecule has 0 amide bonds. The van der Waals surface area contributed by atoms with Crippen molar-refractivity contribution in [3.05, 3.63) is 175 Å². The number of para-hydroxylation sites is 3. The zero-order valence-electron chi connectivity index (χ0n) is 29.1. The summed E-state index contributed by atoms with van der Waals surface area (Å²) in [5.41, 5.74) is 12.3. The van der Waals surface area contributed by atoms with Crippen molar-refractivity contribution in [1.29, 1.82) is 0 Å². The zero-order chi connectivity index (χ0) is 34.5. The zero-order valence-corrected chi connectivity index (χ0v) is 29.9. The lowest BCUT2D eigenvalue weighted by Crippen LogP contribution is -2.23. The maximum absolute atomic E-state index is 2.45. The Hall–Kier alpha value is -5.71. The third-order valence-electron chi connectivity index (χ3n) is 9.99. The molecule has 0 bridgehead atoms. The monoisotopic (exact) mass is 677 g/mol. The molecular formula is C47H39N3S. The van der Waals surface area contributed by atoms with Gasteiger partial charge >= 0.3 is 0 Å². The molecule has 0 unspecified atom stereocenters. The van der Waals surface area contributed by atoms with Crippen LogP contribution in [0.3, 0.4) is 0 Å². The summed E-state index contributed by atoms with van der Waals surface area (Å²) in [6.07, 6.45) is 0. The predicted octanol–water partition coefficient (Wildman–Crippen LogP) is 13.1. The number of nitrogens with zero attached hydrogens (tertiary/aromatic N) is 3. The van der Waals surface area contributed by atoms with Crippen LogP contribution >= 0.6 is 11.8 Å². The van der Waals surface area contributed by atoms with Crippen LogP contribution < -0.4 is 9.80 Å². The topological polar surface area (TPSA) is 11.4 Å². The first-order valence-corrected chi connectivity index (χ1v) is 18.4. The molecule has 1 aromatic heterocycles. The molecule has 51 heavy (non-hydrogen) atoms. The SMILES string of the molecule is CC(C)(C)c1cccc(-n2c3ccc(-c4ccccc4)cc3c3ccc(Sc4cccc(N5CN(c6ccccc6)c6ccccc65)c4)cc32)c1. The summed E-state index contributed by atoms with van der Waals surface area (Å²) in [4.78, 5) is 7.23. The predicted molar refractivity (Wildman–Crippen MR) is 218 cm³/mol. The van der Waals surface area contributed by atoms with E-state index in [0.717, 1.165) is 6.67 Å². The normalized spacial score (nSPS) is 12.9. The highest BCUT2D eigenvalue weighted by Crippen LogP contribution is 2.45. The minimum atomic E-state index is 0.0509. The molecule has 7 aromatic carbocycles. The fourth-order valence-electron chi connectivity index (χ4n) is 7.38. The van der Waals surface area contributed by atoms with E-state index in [1.807, 2.05) is 11.8 Å². The van der Waals surface area contributed by atoms with Gasteiger partial charge in [0.2, 0.25) is 0 Å². The fraction of sp³-hybridized carbons (Fsp3) is 0.106. The van der Waals surface area contributed by atoms with E-state index in [1.54, 1.807) is 0 Å². The lowest BCUT2D eigenvalue weighted by Gasteiger charge is -2.22. The van der Waals surface area contributed by atoms with Crippen molar-refractivity contribution in [2.24, 2.45) is 0 Å². The number of fused-ring (bicyclic) bond motifs is 4. The summed E-state index contributed by atoms with van der Waals surface area (Å²) in [7, 11) is 0. The van der Waals surface area contributed by atoms with E-state index in [0.29, 0.717) is 0 Å². The van der Waals surface area contributed by atoms with Crippen LogP contribution in [0.15, 0.2) is 180 Å². The van der Waals surface area contributed by atoms with Gasteiger partial charge in [0, 0.05) is 37.6 Å². The first kappa shape index (κ1) is 31.3. The maximum Gasteiger partial charge on any atom is 0.100 e. The Balaban J connectivity index is 1.12. The van der Waals surface area contributed by atoms with Gasteiger partial charge in [-0.05, 0) is 101 Å². The Morgan fingerprint density at radius 1 is 0.451 bits per heavy atom. The van der Waals surface area contributed by atoms with Gasteiger partial charge in [0.15, 0.2) is 0 Å². The van der Waals surface area contributed by atoms with E-state index in [1.165, 1.54) is 76.7 Å². The number of hydrogen-bond donors (Lipinski definition) is 0. The molecule has 0 saturated heterocycles. The minimum absolute atomic E-state index is 0.0509. The Morgan fingerprint density at radius 3 is 1.86 bits per heavy atom. The van der Waals surface area contributed by atoms with E-state index in [9.17, 15) is 0 Å². The van der Waals surface area contributed by atoms with E-state index in [4.69, 9.17) is 0 Å². The summed E-state index contributed by atoms with van der Waals surface area (Å²) < 4.78 is 2.45. The molecule has 9 rings (SSSR count). The number of anilines is 4. The Kier molecular flexibility index (Phi) is 7.70. The van der Waals surface area contributed by atoms with Gasteiger partial charge in [-0.15, -0.1) is 0 Å². The van der Waals surface area contributed by atoms with Crippen LogP contribution in [0, 0.1) is 0 Å². The van der Waals surface area contributed by atoms with Crippen LogP contribution in [0.4, 0.5) is 22.7 Å². The molecule has 0 saturated carbocycles. The number of aromatic nitrogens is 1. The van der Waals surface area contributed by atoms with Gasteiger partial charge in [0.1, 0.15) is 6.67 Å². The largest absolute Gasteiger partial charge is 0.321 e. The second-order valence-corrected chi connectivity index (χ2v) is 15.5. The molecule has 8 aromatic rings. The van der Waals surface area contributed by atoms with Crippen molar-refractivity contribution in [1.82, 2.24) is 4.57 Å². The van der Waals surface area contributed by atoms with Crippen LogP contribution in [0.1, 0.15) is 26.3 Å². The molecule has 0 aliphatic carbocycles. The Bertz CT molecular complexity index is 2530. The summed E-state index contributed by atoms with van der Waals surface area (Å²) in [5.74, 6) is 0. The van der Waals surface area contributed by atoms with Crippen molar-refractivity contribution in [2.75, 3.05) is 16.5 Å². The summed E-state index contributed by atoms with van der Waals surface area (Å²) in [6, 6.07) is 62.0. The van der Waals surface area contributed by atoms with Gasteiger partial charge in [-0.2, -0.15) is 0 Å². The standard InChI is InChI=1S/C47H39N3S/c1-47(2,3)35-16-12-20-38(29-35)50-43-27-24-34(33-14-6-4-7-15-33)28-42(43)41-26-25-40(31-46(41)50)51-39-21-13-19-37(30-39)49-32-48(36-17-8-5-9-18-36)44-22-10-11-23-45(44)49/h4-31H,32H2,1-3H3. The number of benzene rings is 7. The second-order valence-electron chi connectivity index (χ2n) is 14.3.